The Labute approximate surface area is 114 Å². The number of rotatable bonds is 7. The van der Waals surface area contributed by atoms with Crippen LogP contribution in [0.15, 0.2) is 18.2 Å². The molecule has 1 aromatic carbocycles. The minimum absolute atomic E-state index is 0.146. The van der Waals surface area contributed by atoms with Crippen LogP contribution in [0.5, 0.6) is 0 Å². The Hall–Kier alpha value is -1.59. The molecule has 0 saturated heterocycles. The summed E-state index contributed by atoms with van der Waals surface area (Å²) < 4.78 is 5.40. The number of nitrogens with one attached hydrogen (secondary N) is 1. The van der Waals surface area contributed by atoms with Crippen molar-refractivity contribution >= 4 is 11.6 Å². The van der Waals surface area contributed by atoms with E-state index in [-0.39, 0.29) is 5.91 Å². The van der Waals surface area contributed by atoms with Crippen LogP contribution in [0.25, 0.3) is 0 Å². The van der Waals surface area contributed by atoms with Crippen molar-refractivity contribution in [3.8, 4) is 0 Å². The topological polar surface area (TPSA) is 67.6 Å². The lowest BCUT2D eigenvalue weighted by Crippen LogP contribution is -2.29. The maximum Gasteiger partial charge on any atom is 0.253 e. The normalized spacial score (nSPS) is 10.7. The number of ether oxygens (including phenoxy) is 1. The second kappa shape index (κ2) is 7.76. The van der Waals surface area contributed by atoms with Crippen LogP contribution in [-0.2, 0) is 4.74 Å². The van der Waals surface area contributed by atoms with E-state index in [9.17, 15) is 4.79 Å². The highest BCUT2D eigenvalue weighted by Gasteiger charge is 2.11. The molecule has 1 rings (SSSR count). The molecular weight excluding hydrogens is 242 g/mol. The number of hydrogen-bond donors (Lipinski definition) is 2. The van der Waals surface area contributed by atoms with Gasteiger partial charge in [-0.2, -0.15) is 0 Å². The first kappa shape index (κ1) is 15.5. The molecule has 0 bridgehead atoms. The summed E-state index contributed by atoms with van der Waals surface area (Å²) in [5.74, 6) is -0.146. The molecule has 0 aliphatic rings. The van der Waals surface area contributed by atoms with Crippen LogP contribution in [0.3, 0.4) is 0 Å². The Balaban J connectivity index is 2.32. The zero-order valence-electron chi connectivity index (χ0n) is 11.9. The quantitative estimate of drug-likeness (QED) is 0.567. The van der Waals surface area contributed by atoms with Crippen LogP contribution in [0.2, 0.25) is 0 Å². The predicted molar refractivity (Wildman–Crippen MR) is 77.3 cm³/mol. The van der Waals surface area contributed by atoms with E-state index in [1.165, 1.54) is 0 Å². The molecule has 106 valence electrons. The summed E-state index contributed by atoms with van der Waals surface area (Å²) in [6.45, 7) is 4.40. The molecule has 1 amide bonds. The van der Waals surface area contributed by atoms with Crippen LogP contribution < -0.4 is 11.1 Å². The number of nitrogen functional groups attached to an aromatic ring is 1. The molecule has 0 spiro atoms. The van der Waals surface area contributed by atoms with E-state index < -0.39 is 0 Å². The van der Waals surface area contributed by atoms with Gasteiger partial charge in [0.15, 0.2) is 0 Å². The van der Waals surface area contributed by atoms with Crippen molar-refractivity contribution < 1.29 is 9.53 Å². The number of nitrogens with zero attached hydrogens (tertiary/aromatic N) is 1. The molecule has 3 N–H and O–H groups in total. The zero-order chi connectivity index (χ0) is 14.3. The van der Waals surface area contributed by atoms with Gasteiger partial charge in [-0.15, -0.1) is 0 Å². The fraction of sp³-hybridized carbons (Fsp3) is 0.500. The summed E-state index contributed by atoms with van der Waals surface area (Å²) in [5.41, 5.74) is 7.75. The summed E-state index contributed by atoms with van der Waals surface area (Å²) in [4.78, 5) is 14.0. The number of benzene rings is 1. The van der Waals surface area contributed by atoms with Crippen molar-refractivity contribution in [2.75, 3.05) is 46.1 Å². The van der Waals surface area contributed by atoms with Gasteiger partial charge >= 0.3 is 0 Å². The molecule has 5 heteroatoms. The zero-order valence-corrected chi connectivity index (χ0v) is 11.9. The summed E-state index contributed by atoms with van der Waals surface area (Å²) in [5, 5.41) is 2.81. The van der Waals surface area contributed by atoms with Gasteiger partial charge in [-0.25, -0.2) is 0 Å². The van der Waals surface area contributed by atoms with E-state index >= 15 is 0 Å². The first-order chi connectivity index (χ1) is 9.02. The number of amides is 1. The minimum Gasteiger partial charge on any atom is -0.398 e. The predicted octanol–water partition coefficient (Wildman–Crippen LogP) is 0.885. The van der Waals surface area contributed by atoms with Crippen LogP contribution in [-0.4, -0.2) is 51.2 Å². The second-order valence-electron chi connectivity index (χ2n) is 4.71. The number of likely N-dealkylation sites (N-methyl/N-ethyl adjacent to an activating group) is 1. The Kier molecular flexibility index (Phi) is 6.32. The number of carbonyl (C=O) groups is 1. The fourth-order valence-electron chi connectivity index (χ4n) is 1.67. The Morgan fingerprint density at radius 2 is 2.11 bits per heavy atom. The molecule has 0 saturated carbocycles. The molecule has 0 radical (unpaired) electrons. The van der Waals surface area contributed by atoms with E-state index in [2.05, 4.69) is 5.32 Å². The maximum absolute atomic E-state index is 12.0. The lowest BCUT2D eigenvalue weighted by Gasteiger charge is -2.11. The van der Waals surface area contributed by atoms with Gasteiger partial charge in [-0.05, 0) is 32.6 Å². The Morgan fingerprint density at radius 3 is 2.74 bits per heavy atom. The number of anilines is 1. The Morgan fingerprint density at radius 1 is 1.37 bits per heavy atom. The Bertz CT molecular complexity index is 399. The number of aryl methyl sites for hydroxylation is 1. The molecule has 1 aromatic rings. The van der Waals surface area contributed by atoms with Crippen LogP contribution in [0.1, 0.15) is 15.9 Å². The third-order valence-corrected chi connectivity index (χ3v) is 2.75. The second-order valence-corrected chi connectivity index (χ2v) is 4.71. The lowest BCUT2D eigenvalue weighted by atomic mass is 10.1. The van der Waals surface area contributed by atoms with Crippen LogP contribution in [0, 0.1) is 6.92 Å². The highest BCUT2D eigenvalue weighted by molar-refractivity contribution is 6.00. The first-order valence-electron chi connectivity index (χ1n) is 6.38. The van der Waals surface area contributed by atoms with Gasteiger partial charge in [0.1, 0.15) is 0 Å². The van der Waals surface area contributed by atoms with Crippen molar-refractivity contribution in [2.24, 2.45) is 0 Å². The summed E-state index contributed by atoms with van der Waals surface area (Å²) in [6, 6.07) is 5.44. The molecule has 0 aliphatic carbocycles. The van der Waals surface area contributed by atoms with Gasteiger partial charge in [-0.1, -0.05) is 12.1 Å². The van der Waals surface area contributed by atoms with E-state index in [0.717, 1.165) is 12.1 Å². The minimum atomic E-state index is -0.146. The third kappa shape index (κ3) is 5.28. The summed E-state index contributed by atoms with van der Waals surface area (Å²) in [7, 11) is 3.98. The summed E-state index contributed by atoms with van der Waals surface area (Å²) >= 11 is 0. The molecule has 5 nitrogen and oxygen atoms in total. The third-order valence-electron chi connectivity index (χ3n) is 2.75. The maximum atomic E-state index is 12.0. The molecule has 0 heterocycles. The van der Waals surface area contributed by atoms with Crippen molar-refractivity contribution in [1.29, 1.82) is 0 Å². The van der Waals surface area contributed by atoms with Gasteiger partial charge in [-0.3, -0.25) is 4.79 Å². The first-order valence-corrected chi connectivity index (χ1v) is 6.38. The molecule has 0 unspecified atom stereocenters. The van der Waals surface area contributed by atoms with Gasteiger partial charge in [0.25, 0.3) is 5.91 Å². The lowest BCUT2D eigenvalue weighted by molar-refractivity contribution is 0.0900. The molecule has 0 aliphatic heterocycles. The highest BCUT2D eigenvalue weighted by atomic mass is 16.5. The van der Waals surface area contributed by atoms with Crippen LogP contribution >= 0.6 is 0 Å². The van der Waals surface area contributed by atoms with Crippen molar-refractivity contribution in [3.05, 3.63) is 29.3 Å². The van der Waals surface area contributed by atoms with E-state index in [1.807, 2.05) is 38.1 Å². The number of nitrogens with two attached hydrogens (primary N) is 1. The molecule has 0 aromatic heterocycles. The number of carbonyl (C=O) groups excluding carboxylic acids is 1. The molecular formula is C14H23N3O2. The van der Waals surface area contributed by atoms with Gasteiger partial charge in [0.05, 0.1) is 18.8 Å². The van der Waals surface area contributed by atoms with Crippen LogP contribution in [0.4, 0.5) is 5.69 Å². The fourth-order valence-corrected chi connectivity index (χ4v) is 1.67. The van der Waals surface area contributed by atoms with E-state index in [1.54, 1.807) is 6.07 Å². The standard InChI is InChI=1S/C14H23N3O2/c1-11-5-4-6-12(15)13(11)14(18)16-7-9-19-10-8-17(2)3/h4-6H,7-10,15H2,1-3H3,(H,16,18). The van der Waals surface area contributed by atoms with Gasteiger partial charge in [0, 0.05) is 18.8 Å². The average Bonchev–Trinajstić information content (AvgIpc) is 2.33. The monoisotopic (exact) mass is 265 g/mol. The van der Waals surface area contributed by atoms with E-state index in [4.69, 9.17) is 10.5 Å². The van der Waals surface area contributed by atoms with Gasteiger partial charge in [0.2, 0.25) is 0 Å². The number of hydrogen-bond acceptors (Lipinski definition) is 4. The molecule has 0 fully saturated rings. The van der Waals surface area contributed by atoms with Gasteiger partial charge < -0.3 is 20.7 Å². The summed E-state index contributed by atoms with van der Waals surface area (Å²) in [6.07, 6.45) is 0. The highest BCUT2D eigenvalue weighted by Crippen LogP contribution is 2.15. The average molecular weight is 265 g/mol. The van der Waals surface area contributed by atoms with E-state index in [0.29, 0.717) is 31.0 Å². The molecule has 0 atom stereocenters. The SMILES string of the molecule is Cc1cccc(N)c1C(=O)NCCOCCN(C)C. The van der Waals surface area contributed by atoms with Crippen molar-refractivity contribution in [2.45, 2.75) is 6.92 Å². The smallest absolute Gasteiger partial charge is 0.253 e. The van der Waals surface area contributed by atoms with Crippen molar-refractivity contribution in [1.82, 2.24) is 10.2 Å². The van der Waals surface area contributed by atoms with Crippen molar-refractivity contribution in [3.63, 3.8) is 0 Å². The molecule has 19 heavy (non-hydrogen) atoms. The largest absolute Gasteiger partial charge is 0.398 e.